The standard InChI is InChI=1S/C13H17N5O2/c19-13(10-8-15-17-16-10)14-9-11(12-4-3-7-20-12)18-5-1-2-6-18/h3-4,7-8,11H,1-2,5-6,9H2,(H,14,19)(H,15,16,17). The van der Waals surface area contributed by atoms with E-state index >= 15 is 0 Å². The number of hydrogen-bond donors (Lipinski definition) is 2. The predicted octanol–water partition coefficient (Wildman–Crippen LogP) is 0.965. The molecule has 3 rings (SSSR count). The molecule has 1 saturated heterocycles. The van der Waals surface area contributed by atoms with E-state index in [9.17, 15) is 4.79 Å². The number of hydrogen-bond acceptors (Lipinski definition) is 5. The Labute approximate surface area is 116 Å². The quantitative estimate of drug-likeness (QED) is 0.849. The van der Waals surface area contributed by atoms with E-state index in [4.69, 9.17) is 4.42 Å². The van der Waals surface area contributed by atoms with Crippen LogP contribution in [0.15, 0.2) is 29.0 Å². The molecule has 2 aromatic heterocycles. The second-order valence-electron chi connectivity index (χ2n) is 4.84. The van der Waals surface area contributed by atoms with E-state index in [1.54, 1.807) is 6.26 Å². The summed E-state index contributed by atoms with van der Waals surface area (Å²) in [6.45, 7) is 2.57. The van der Waals surface area contributed by atoms with Crippen LogP contribution in [-0.2, 0) is 0 Å². The van der Waals surface area contributed by atoms with Crippen molar-refractivity contribution in [3.8, 4) is 0 Å². The molecule has 106 valence electrons. The lowest BCUT2D eigenvalue weighted by Gasteiger charge is -2.25. The van der Waals surface area contributed by atoms with Gasteiger partial charge in [0.05, 0.1) is 18.5 Å². The highest BCUT2D eigenvalue weighted by Gasteiger charge is 2.26. The van der Waals surface area contributed by atoms with E-state index in [2.05, 4.69) is 25.6 Å². The maximum Gasteiger partial charge on any atom is 0.273 e. The van der Waals surface area contributed by atoms with Gasteiger partial charge in [-0.2, -0.15) is 15.4 Å². The van der Waals surface area contributed by atoms with Gasteiger partial charge in [0.15, 0.2) is 5.69 Å². The van der Waals surface area contributed by atoms with Crippen LogP contribution in [0, 0.1) is 0 Å². The van der Waals surface area contributed by atoms with Crippen molar-refractivity contribution in [1.82, 2.24) is 25.6 Å². The summed E-state index contributed by atoms with van der Waals surface area (Å²) in [7, 11) is 0. The Kier molecular flexibility index (Phi) is 3.78. The molecular weight excluding hydrogens is 258 g/mol. The Morgan fingerprint density at radius 2 is 2.35 bits per heavy atom. The summed E-state index contributed by atoms with van der Waals surface area (Å²) in [6, 6.07) is 3.90. The van der Waals surface area contributed by atoms with Crippen molar-refractivity contribution in [2.75, 3.05) is 19.6 Å². The number of nitrogens with zero attached hydrogens (tertiary/aromatic N) is 3. The lowest BCUT2D eigenvalue weighted by molar-refractivity contribution is 0.0928. The zero-order chi connectivity index (χ0) is 13.8. The van der Waals surface area contributed by atoms with E-state index < -0.39 is 0 Å². The number of nitrogens with one attached hydrogen (secondary N) is 2. The third kappa shape index (κ3) is 2.72. The number of aromatic nitrogens is 3. The molecule has 1 amide bonds. The predicted molar refractivity (Wildman–Crippen MR) is 71.0 cm³/mol. The molecule has 1 fully saturated rings. The van der Waals surface area contributed by atoms with Gasteiger partial charge < -0.3 is 9.73 Å². The highest BCUT2D eigenvalue weighted by Crippen LogP contribution is 2.24. The fourth-order valence-corrected chi connectivity index (χ4v) is 2.53. The Hall–Kier alpha value is -2.15. The van der Waals surface area contributed by atoms with Crippen molar-refractivity contribution < 1.29 is 9.21 Å². The van der Waals surface area contributed by atoms with Gasteiger partial charge in [0, 0.05) is 6.54 Å². The molecular formula is C13H17N5O2. The topological polar surface area (TPSA) is 87.0 Å². The minimum Gasteiger partial charge on any atom is -0.468 e. The van der Waals surface area contributed by atoms with Crippen LogP contribution in [0.4, 0.5) is 0 Å². The number of furan rings is 1. The normalized spacial score (nSPS) is 17.2. The number of carbonyl (C=O) groups is 1. The van der Waals surface area contributed by atoms with Crippen LogP contribution < -0.4 is 5.32 Å². The molecule has 20 heavy (non-hydrogen) atoms. The first-order valence-electron chi connectivity index (χ1n) is 6.76. The number of rotatable bonds is 5. The molecule has 2 N–H and O–H groups in total. The average molecular weight is 275 g/mol. The molecule has 7 heteroatoms. The lowest BCUT2D eigenvalue weighted by atomic mass is 10.2. The van der Waals surface area contributed by atoms with Gasteiger partial charge in [0.1, 0.15) is 5.76 Å². The second-order valence-corrected chi connectivity index (χ2v) is 4.84. The molecule has 0 aliphatic carbocycles. The second kappa shape index (κ2) is 5.87. The average Bonchev–Trinajstić information content (AvgIpc) is 3.22. The van der Waals surface area contributed by atoms with Gasteiger partial charge in [-0.3, -0.25) is 9.69 Å². The van der Waals surface area contributed by atoms with Gasteiger partial charge in [-0.15, -0.1) is 0 Å². The molecule has 0 aromatic carbocycles. The monoisotopic (exact) mass is 275 g/mol. The smallest absolute Gasteiger partial charge is 0.273 e. The molecule has 1 unspecified atom stereocenters. The number of carbonyl (C=O) groups excluding carboxylic acids is 1. The fraction of sp³-hybridized carbons (Fsp3) is 0.462. The van der Waals surface area contributed by atoms with Crippen LogP contribution in [0.1, 0.15) is 35.1 Å². The minimum atomic E-state index is -0.227. The Bertz CT molecular complexity index is 531. The molecule has 0 bridgehead atoms. The molecule has 0 radical (unpaired) electrons. The fourth-order valence-electron chi connectivity index (χ4n) is 2.53. The van der Waals surface area contributed by atoms with Gasteiger partial charge in [0.2, 0.25) is 0 Å². The van der Waals surface area contributed by atoms with Gasteiger partial charge in [0.25, 0.3) is 5.91 Å². The SMILES string of the molecule is O=C(NCC(c1ccco1)N1CCCC1)c1cn[nH]n1. The number of likely N-dealkylation sites (tertiary alicyclic amines) is 1. The van der Waals surface area contributed by atoms with E-state index in [-0.39, 0.29) is 11.9 Å². The van der Waals surface area contributed by atoms with Crippen molar-refractivity contribution in [2.45, 2.75) is 18.9 Å². The number of amides is 1. The number of aromatic amines is 1. The summed E-state index contributed by atoms with van der Waals surface area (Å²) in [4.78, 5) is 14.2. The molecule has 0 saturated carbocycles. The Balaban J connectivity index is 1.66. The molecule has 7 nitrogen and oxygen atoms in total. The van der Waals surface area contributed by atoms with Crippen LogP contribution in [0.2, 0.25) is 0 Å². The van der Waals surface area contributed by atoms with Gasteiger partial charge in [-0.1, -0.05) is 0 Å². The highest BCUT2D eigenvalue weighted by molar-refractivity contribution is 5.91. The van der Waals surface area contributed by atoms with E-state index in [1.165, 1.54) is 19.0 Å². The van der Waals surface area contributed by atoms with Crippen molar-refractivity contribution >= 4 is 5.91 Å². The zero-order valence-electron chi connectivity index (χ0n) is 11.1. The summed E-state index contributed by atoms with van der Waals surface area (Å²) < 4.78 is 5.50. The third-order valence-corrected chi connectivity index (χ3v) is 3.56. The summed E-state index contributed by atoms with van der Waals surface area (Å²) in [6.07, 6.45) is 5.45. The summed E-state index contributed by atoms with van der Waals surface area (Å²) >= 11 is 0. The first-order valence-corrected chi connectivity index (χ1v) is 6.76. The minimum absolute atomic E-state index is 0.0725. The molecule has 1 aliphatic heterocycles. The van der Waals surface area contributed by atoms with Crippen LogP contribution in [0.25, 0.3) is 0 Å². The molecule has 1 aliphatic rings. The Morgan fingerprint density at radius 1 is 1.50 bits per heavy atom. The molecule has 3 heterocycles. The first-order chi connectivity index (χ1) is 9.84. The summed E-state index contributed by atoms with van der Waals surface area (Å²) in [5.74, 6) is 0.654. The van der Waals surface area contributed by atoms with Gasteiger partial charge in [-0.25, -0.2) is 0 Å². The van der Waals surface area contributed by atoms with Crippen LogP contribution >= 0.6 is 0 Å². The van der Waals surface area contributed by atoms with Crippen molar-refractivity contribution in [2.24, 2.45) is 0 Å². The van der Waals surface area contributed by atoms with Crippen molar-refractivity contribution in [3.05, 3.63) is 36.0 Å². The summed E-state index contributed by atoms with van der Waals surface area (Å²) in [5, 5.41) is 12.7. The molecule has 0 spiro atoms. The maximum atomic E-state index is 11.9. The van der Waals surface area contributed by atoms with Crippen LogP contribution in [0.3, 0.4) is 0 Å². The molecule has 2 aromatic rings. The largest absolute Gasteiger partial charge is 0.468 e. The first kappa shape index (κ1) is 12.9. The van der Waals surface area contributed by atoms with E-state index in [0.29, 0.717) is 12.2 Å². The zero-order valence-corrected chi connectivity index (χ0v) is 11.1. The molecule has 1 atom stereocenters. The lowest BCUT2D eigenvalue weighted by Crippen LogP contribution is -2.36. The highest BCUT2D eigenvalue weighted by atomic mass is 16.3. The maximum absolute atomic E-state index is 11.9. The van der Waals surface area contributed by atoms with E-state index in [1.807, 2.05) is 12.1 Å². The van der Waals surface area contributed by atoms with E-state index in [0.717, 1.165) is 18.8 Å². The van der Waals surface area contributed by atoms with Crippen molar-refractivity contribution in [1.29, 1.82) is 0 Å². The van der Waals surface area contributed by atoms with Gasteiger partial charge >= 0.3 is 0 Å². The Morgan fingerprint density at radius 3 is 3.00 bits per heavy atom. The summed E-state index contributed by atoms with van der Waals surface area (Å²) in [5.41, 5.74) is 0.296. The third-order valence-electron chi connectivity index (χ3n) is 3.56. The van der Waals surface area contributed by atoms with Gasteiger partial charge in [-0.05, 0) is 38.1 Å². The number of H-pyrrole nitrogens is 1. The van der Waals surface area contributed by atoms with Crippen LogP contribution in [0.5, 0.6) is 0 Å². The van der Waals surface area contributed by atoms with Crippen LogP contribution in [-0.4, -0.2) is 45.9 Å². The van der Waals surface area contributed by atoms with Crippen molar-refractivity contribution in [3.63, 3.8) is 0 Å².